The van der Waals surface area contributed by atoms with Gasteiger partial charge in [-0.15, -0.1) is 0 Å². The van der Waals surface area contributed by atoms with Gasteiger partial charge in [0.05, 0.1) is 6.04 Å². The lowest BCUT2D eigenvalue weighted by molar-refractivity contribution is -0.146. The Balaban J connectivity index is 1.42. The van der Waals surface area contributed by atoms with Crippen LogP contribution in [-0.2, 0) is 27.3 Å². The molecule has 2 amide bonds. The zero-order valence-electron chi connectivity index (χ0n) is 24.0. The van der Waals surface area contributed by atoms with Crippen molar-refractivity contribution >= 4 is 34.5 Å². The zero-order valence-corrected chi connectivity index (χ0v) is 24.0. The highest BCUT2D eigenvalue weighted by atomic mass is 16.4. The van der Waals surface area contributed by atoms with Gasteiger partial charge in [0.2, 0.25) is 11.8 Å². The number of nitrogens with two attached hydrogens (primary N) is 1. The van der Waals surface area contributed by atoms with E-state index >= 15 is 0 Å². The van der Waals surface area contributed by atoms with Crippen molar-refractivity contribution in [2.75, 3.05) is 19.6 Å². The van der Waals surface area contributed by atoms with Crippen molar-refractivity contribution in [1.82, 2.24) is 19.7 Å². The summed E-state index contributed by atoms with van der Waals surface area (Å²) in [6, 6.07) is 7.35. The molecule has 1 aromatic carbocycles. The second kappa shape index (κ2) is 12.8. The highest BCUT2D eigenvalue weighted by Gasteiger charge is 2.43. The molecular weight excluding hydrogens is 508 g/mol. The van der Waals surface area contributed by atoms with E-state index in [0.29, 0.717) is 38.0 Å². The number of nitrogens with zero attached hydrogens (tertiary/aromatic N) is 3. The molecule has 2 aliphatic rings. The van der Waals surface area contributed by atoms with E-state index in [0.717, 1.165) is 43.1 Å². The van der Waals surface area contributed by atoms with Crippen LogP contribution >= 0.6 is 0 Å². The predicted octanol–water partition coefficient (Wildman–Crippen LogP) is 2.95. The van der Waals surface area contributed by atoms with Crippen LogP contribution in [0.1, 0.15) is 70.6 Å². The van der Waals surface area contributed by atoms with Gasteiger partial charge in [-0.3, -0.25) is 19.8 Å². The number of aromatic nitrogens is 1. The SMILES string of the molecule is CCn1c(CC[C@@H]2CCCN2C(=O)[C@H](C(C)C)N2CC[C@H](NCCCC(=O)O)C2=O)cc2ccc(C(=N)N)cc21. The number of carbonyl (C=O) groups is 3. The Hall–Kier alpha value is -3.40. The second-order valence-corrected chi connectivity index (χ2v) is 11.4. The number of hydrogen-bond acceptors (Lipinski definition) is 5. The number of fused-ring (bicyclic) bond motifs is 1. The number of carboxylic acid groups (broad SMARTS) is 1. The van der Waals surface area contributed by atoms with Crippen molar-refractivity contribution in [3.8, 4) is 0 Å². The number of aliphatic carboxylic acids is 1. The summed E-state index contributed by atoms with van der Waals surface area (Å²) in [7, 11) is 0. The number of likely N-dealkylation sites (tertiary alicyclic amines) is 2. The summed E-state index contributed by atoms with van der Waals surface area (Å²) < 4.78 is 2.27. The quantitative estimate of drug-likeness (QED) is 0.171. The molecule has 0 spiro atoms. The van der Waals surface area contributed by atoms with Crippen LogP contribution in [0.15, 0.2) is 24.3 Å². The molecule has 0 aliphatic carbocycles. The first-order valence-corrected chi connectivity index (χ1v) is 14.6. The molecule has 2 saturated heterocycles. The van der Waals surface area contributed by atoms with Crippen molar-refractivity contribution in [2.24, 2.45) is 11.7 Å². The molecule has 2 aromatic rings. The van der Waals surface area contributed by atoms with Crippen LogP contribution in [-0.4, -0.2) is 80.9 Å². The third kappa shape index (κ3) is 6.32. The van der Waals surface area contributed by atoms with E-state index in [2.05, 4.69) is 22.9 Å². The molecule has 218 valence electrons. The Bertz CT molecular complexity index is 1250. The van der Waals surface area contributed by atoms with Crippen molar-refractivity contribution < 1.29 is 19.5 Å². The van der Waals surface area contributed by atoms with Crippen molar-refractivity contribution in [3.63, 3.8) is 0 Å². The second-order valence-electron chi connectivity index (χ2n) is 11.4. The summed E-state index contributed by atoms with van der Waals surface area (Å²) in [5.41, 5.74) is 8.72. The van der Waals surface area contributed by atoms with Gasteiger partial charge in [0, 0.05) is 48.9 Å². The molecule has 0 unspecified atom stereocenters. The van der Waals surface area contributed by atoms with Crippen molar-refractivity contribution in [3.05, 3.63) is 35.5 Å². The van der Waals surface area contributed by atoms with E-state index in [1.807, 2.05) is 36.9 Å². The highest BCUT2D eigenvalue weighted by molar-refractivity contribution is 5.98. The number of amidine groups is 1. The number of benzene rings is 1. The minimum Gasteiger partial charge on any atom is -0.481 e. The predicted molar refractivity (Wildman–Crippen MR) is 155 cm³/mol. The fourth-order valence-electron chi connectivity index (χ4n) is 6.43. The van der Waals surface area contributed by atoms with E-state index in [1.54, 1.807) is 4.90 Å². The third-order valence-corrected chi connectivity index (χ3v) is 8.43. The van der Waals surface area contributed by atoms with E-state index < -0.39 is 12.0 Å². The average molecular weight is 553 g/mol. The van der Waals surface area contributed by atoms with Gasteiger partial charge in [-0.2, -0.15) is 0 Å². The van der Waals surface area contributed by atoms with Gasteiger partial charge in [0.1, 0.15) is 11.9 Å². The Kier molecular flexibility index (Phi) is 9.50. The fourth-order valence-corrected chi connectivity index (χ4v) is 6.43. The molecule has 3 heterocycles. The maximum absolute atomic E-state index is 14.0. The number of carboxylic acids is 1. The molecule has 0 radical (unpaired) electrons. The molecular formula is C30H44N6O4. The topological polar surface area (TPSA) is 145 Å². The van der Waals surface area contributed by atoms with Gasteiger partial charge < -0.3 is 30.5 Å². The Morgan fingerprint density at radius 2 is 1.98 bits per heavy atom. The number of nitrogens with one attached hydrogen (secondary N) is 2. The molecule has 10 nitrogen and oxygen atoms in total. The zero-order chi connectivity index (χ0) is 29.0. The summed E-state index contributed by atoms with van der Waals surface area (Å²) >= 11 is 0. The Morgan fingerprint density at radius 1 is 1.20 bits per heavy atom. The Morgan fingerprint density at radius 3 is 2.65 bits per heavy atom. The van der Waals surface area contributed by atoms with Crippen LogP contribution in [0, 0.1) is 11.3 Å². The van der Waals surface area contributed by atoms with Gasteiger partial charge in [-0.1, -0.05) is 26.0 Å². The molecule has 40 heavy (non-hydrogen) atoms. The van der Waals surface area contributed by atoms with Crippen LogP contribution in [0.3, 0.4) is 0 Å². The number of nitrogen functional groups attached to an aromatic ring is 1. The summed E-state index contributed by atoms with van der Waals surface area (Å²) in [5, 5.41) is 21.0. The van der Waals surface area contributed by atoms with E-state index in [9.17, 15) is 14.4 Å². The van der Waals surface area contributed by atoms with Gasteiger partial charge in [-0.05, 0) is 75.4 Å². The molecule has 2 aliphatic heterocycles. The normalized spacial score (nSPS) is 20.1. The third-order valence-electron chi connectivity index (χ3n) is 8.43. The highest BCUT2D eigenvalue weighted by Crippen LogP contribution is 2.29. The van der Waals surface area contributed by atoms with Crippen LogP contribution in [0.2, 0.25) is 0 Å². The van der Waals surface area contributed by atoms with Gasteiger partial charge in [-0.25, -0.2) is 0 Å². The van der Waals surface area contributed by atoms with Gasteiger partial charge >= 0.3 is 5.97 Å². The van der Waals surface area contributed by atoms with Crippen LogP contribution in [0.25, 0.3) is 10.9 Å². The maximum atomic E-state index is 14.0. The molecule has 10 heteroatoms. The summed E-state index contributed by atoms with van der Waals surface area (Å²) in [6.45, 7) is 8.64. The van der Waals surface area contributed by atoms with Crippen LogP contribution < -0.4 is 11.1 Å². The lowest BCUT2D eigenvalue weighted by Crippen LogP contribution is -2.54. The molecule has 4 rings (SSSR count). The number of carbonyl (C=O) groups excluding carboxylic acids is 2. The largest absolute Gasteiger partial charge is 0.481 e. The Labute approximate surface area is 236 Å². The smallest absolute Gasteiger partial charge is 0.303 e. The molecule has 0 saturated carbocycles. The van der Waals surface area contributed by atoms with Gasteiger partial charge in [0.15, 0.2) is 0 Å². The summed E-state index contributed by atoms with van der Waals surface area (Å²) in [4.78, 5) is 41.8. The lowest BCUT2D eigenvalue weighted by atomic mass is 9.99. The number of amides is 2. The maximum Gasteiger partial charge on any atom is 0.303 e. The van der Waals surface area contributed by atoms with Crippen LogP contribution in [0.5, 0.6) is 0 Å². The van der Waals surface area contributed by atoms with Crippen molar-refractivity contribution in [1.29, 1.82) is 5.41 Å². The fraction of sp³-hybridized carbons (Fsp3) is 0.600. The molecule has 5 N–H and O–H groups in total. The minimum atomic E-state index is -0.843. The first-order chi connectivity index (χ1) is 19.1. The number of hydrogen-bond donors (Lipinski definition) is 4. The molecule has 3 atom stereocenters. The van der Waals surface area contributed by atoms with Crippen molar-refractivity contribution in [2.45, 2.75) is 90.4 Å². The number of rotatable bonds is 13. The van der Waals surface area contributed by atoms with Gasteiger partial charge in [0.25, 0.3) is 0 Å². The molecule has 0 bridgehead atoms. The first-order valence-electron chi connectivity index (χ1n) is 14.6. The molecule has 2 fully saturated rings. The summed E-state index contributed by atoms with van der Waals surface area (Å²) in [6.07, 6.45) is 4.77. The standard InChI is InChI=1S/C30H44N6O4/c1-4-34-23(17-20-9-10-21(28(31)32)18-25(20)34)12-11-22-7-6-15-35(22)30(40)27(19(2)3)36-16-13-24(29(36)39)33-14-5-8-26(37)38/h9-10,17-19,22,24,27,33H,4-8,11-16H2,1-3H3,(H3,31,32)(H,37,38)/t22-,24-,27-/m0/s1. The molecule has 1 aromatic heterocycles. The minimum absolute atomic E-state index is 0.0124. The van der Waals surface area contributed by atoms with Crippen LogP contribution in [0.4, 0.5) is 0 Å². The first kappa shape index (κ1) is 29.6. The average Bonchev–Trinajstić information content (AvgIpc) is 3.62. The monoisotopic (exact) mass is 552 g/mol. The van der Waals surface area contributed by atoms with E-state index in [-0.39, 0.29) is 42.1 Å². The van der Waals surface area contributed by atoms with E-state index in [1.165, 1.54) is 5.69 Å². The van der Waals surface area contributed by atoms with E-state index in [4.69, 9.17) is 16.2 Å². The summed E-state index contributed by atoms with van der Waals surface area (Å²) in [5.74, 6) is -0.814. The number of aryl methyl sites for hydroxylation is 2. The lowest BCUT2D eigenvalue weighted by Gasteiger charge is -2.36.